The number of rotatable bonds is 7. The van der Waals surface area contributed by atoms with E-state index >= 15 is 0 Å². The molecular formula is C16H35IN4O3. The molecule has 0 aromatic rings. The van der Waals surface area contributed by atoms with Crippen molar-refractivity contribution in [2.75, 3.05) is 40.3 Å². The second-order valence-electron chi connectivity index (χ2n) is 6.88. The lowest BCUT2D eigenvalue weighted by Crippen LogP contribution is -2.47. The number of halogens is 1. The van der Waals surface area contributed by atoms with Gasteiger partial charge in [0, 0.05) is 40.3 Å². The molecule has 8 heteroatoms. The fraction of sp³-hybridized carbons (Fsp3) is 0.875. The van der Waals surface area contributed by atoms with E-state index < -0.39 is 5.60 Å². The largest absolute Gasteiger partial charge is 0.444 e. The molecule has 0 aromatic heterocycles. The number of nitrogens with one attached hydrogen (secondary N) is 2. The number of hydrogen-bond acceptors (Lipinski definition) is 4. The number of guanidine groups is 1. The maximum Gasteiger partial charge on any atom is 0.410 e. The molecule has 0 bridgehead atoms. The molecule has 0 spiro atoms. The quantitative estimate of drug-likeness (QED) is 0.348. The maximum absolute atomic E-state index is 12.0. The molecule has 0 fully saturated rings. The highest BCUT2D eigenvalue weighted by Gasteiger charge is 2.21. The van der Waals surface area contributed by atoms with Gasteiger partial charge in [0.2, 0.25) is 0 Å². The molecule has 0 atom stereocenters. The SMILES string of the molecule is CCN(CCNC(=NC)NCC(C)(C)OC)C(=O)OC(C)(C)C.I. The number of hydrogen-bond donors (Lipinski definition) is 2. The summed E-state index contributed by atoms with van der Waals surface area (Å²) in [6.07, 6.45) is -0.301. The van der Waals surface area contributed by atoms with Crippen molar-refractivity contribution in [2.45, 2.75) is 52.7 Å². The Labute approximate surface area is 164 Å². The third-order valence-corrected chi connectivity index (χ3v) is 3.17. The van der Waals surface area contributed by atoms with Gasteiger partial charge in [-0.05, 0) is 41.5 Å². The van der Waals surface area contributed by atoms with Crippen LogP contribution in [0.3, 0.4) is 0 Å². The molecule has 0 unspecified atom stereocenters. The summed E-state index contributed by atoms with van der Waals surface area (Å²) in [6, 6.07) is 0. The standard InChI is InChI=1S/C16H34N4O3.HI/c1-9-20(14(21)23-15(2,3)4)11-10-18-13(17-7)19-12-16(5,6)22-8;/h9-12H2,1-8H3,(H2,17,18,19);1H. The third-order valence-electron chi connectivity index (χ3n) is 3.17. The molecule has 144 valence electrons. The number of carbonyl (C=O) groups excluding carboxylic acids is 1. The van der Waals surface area contributed by atoms with Crippen LogP contribution in [0.4, 0.5) is 4.79 Å². The Hall–Kier alpha value is -0.770. The molecule has 1 amide bonds. The summed E-state index contributed by atoms with van der Waals surface area (Å²) < 4.78 is 10.7. The predicted octanol–water partition coefficient (Wildman–Crippen LogP) is 2.45. The number of carbonyl (C=O) groups is 1. The van der Waals surface area contributed by atoms with Crippen molar-refractivity contribution in [3.8, 4) is 0 Å². The van der Waals surface area contributed by atoms with E-state index in [9.17, 15) is 4.79 Å². The number of aliphatic imine (C=N–C) groups is 1. The first-order chi connectivity index (χ1) is 10.5. The van der Waals surface area contributed by atoms with Gasteiger partial charge in [-0.15, -0.1) is 24.0 Å². The average Bonchev–Trinajstić information content (AvgIpc) is 2.44. The molecule has 7 nitrogen and oxygen atoms in total. The van der Waals surface area contributed by atoms with Crippen molar-refractivity contribution < 1.29 is 14.3 Å². The number of ether oxygens (including phenoxy) is 2. The molecule has 0 rings (SSSR count). The topological polar surface area (TPSA) is 75.2 Å². The number of likely N-dealkylation sites (N-methyl/N-ethyl adjacent to an activating group) is 1. The summed E-state index contributed by atoms with van der Waals surface area (Å²) in [5.41, 5.74) is -0.759. The fourth-order valence-electron chi connectivity index (χ4n) is 1.60. The van der Waals surface area contributed by atoms with E-state index in [4.69, 9.17) is 9.47 Å². The zero-order chi connectivity index (χ0) is 18.1. The van der Waals surface area contributed by atoms with Crippen LogP contribution in [0.15, 0.2) is 4.99 Å². The highest BCUT2D eigenvalue weighted by Crippen LogP contribution is 2.09. The van der Waals surface area contributed by atoms with Gasteiger partial charge in [-0.1, -0.05) is 0 Å². The first kappa shape index (κ1) is 25.5. The number of methoxy groups -OCH3 is 1. The average molecular weight is 458 g/mol. The Morgan fingerprint density at radius 3 is 2.17 bits per heavy atom. The Balaban J connectivity index is 0. The van der Waals surface area contributed by atoms with Crippen LogP contribution in [-0.2, 0) is 9.47 Å². The zero-order valence-electron chi connectivity index (χ0n) is 16.4. The molecule has 0 aromatic carbocycles. The van der Waals surface area contributed by atoms with Gasteiger partial charge < -0.3 is 25.0 Å². The van der Waals surface area contributed by atoms with E-state index in [0.29, 0.717) is 32.1 Å². The van der Waals surface area contributed by atoms with Gasteiger partial charge in [0.05, 0.1) is 5.60 Å². The Kier molecular flexibility index (Phi) is 12.4. The van der Waals surface area contributed by atoms with Gasteiger partial charge in [0.1, 0.15) is 5.60 Å². The smallest absolute Gasteiger partial charge is 0.410 e. The van der Waals surface area contributed by atoms with Gasteiger partial charge in [-0.2, -0.15) is 0 Å². The second kappa shape index (κ2) is 11.7. The van der Waals surface area contributed by atoms with Crippen LogP contribution in [0, 0.1) is 0 Å². The fourth-order valence-corrected chi connectivity index (χ4v) is 1.60. The van der Waals surface area contributed by atoms with Crippen LogP contribution in [0.1, 0.15) is 41.5 Å². The van der Waals surface area contributed by atoms with Crippen LogP contribution >= 0.6 is 24.0 Å². The zero-order valence-corrected chi connectivity index (χ0v) is 18.7. The molecule has 24 heavy (non-hydrogen) atoms. The maximum atomic E-state index is 12.0. The molecule has 2 N–H and O–H groups in total. The van der Waals surface area contributed by atoms with Crippen LogP contribution in [0.25, 0.3) is 0 Å². The van der Waals surface area contributed by atoms with Crippen molar-refractivity contribution in [3.05, 3.63) is 0 Å². The molecule has 0 aliphatic rings. The Bertz CT molecular complexity index is 395. The van der Waals surface area contributed by atoms with Crippen molar-refractivity contribution in [1.82, 2.24) is 15.5 Å². The van der Waals surface area contributed by atoms with E-state index in [1.54, 1.807) is 19.1 Å². The molecule has 0 saturated heterocycles. The monoisotopic (exact) mass is 458 g/mol. The van der Waals surface area contributed by atoms with Gasteiger partial charge in [0.15, 0.2) is 5.96 Å². The number of amides is 1. The number of nitrogens with zero attached hydrogens (tertiary/aromatic N) is 2. The minimum absolute atomic E-state index is 0. The minimum atomic E-state index is -0.485. The summed E-state index contributed by atoms with van der Waals surface area (Å²) in [4.78, 5) is 17.9. The Morgan fingerprint density at radius 2 is 1.75 bits per heavy atom. The molecule has 0 heterocycles. The van der Waals surface area contributed by atoms with E-state index in [1.807, 2.05) is 41.5 Å². The van der Waals surface area contributed by atoms with Gasteiger partial charge in [-0.3, -0.25) is 4.99 Å². The van der Waals surface area contributed by atoms with Gasteiger partial charge in [-0.25, -0.2) is 4.79 Å². The van der Waals surface area contributed by atoms with E-state index in [-0.39, 0.29) is 35.7 Å². The summed E-state index contributed by atoms with van der Waals surface area (Å²) >= 11 is 0. The van der Waals surface area contributed by atoms with Crippen LogP contribution in [0.2, 0.25) is 0 Å². The summed E-state index contributed by atoms with van der Waals surface area (Å²) in [6.45, 7) is 13.9. The summed E-state index contributed by atoms with van der Waals surface area (Å²) in [5, 5.41) is 6.38. The van der Waals surface area contributed by atoms with Gasteiger partial charge >= 0.3 is 6.09 Å². The second-order valence-corrected chi connectivity index (χ2v) is 6.88. The highest BCUT2D eigenvalue weighted by atomic mass is 127. The van der Waals surface area contributed by atoms with Crippen molar-refractivity contribution in [2.24, 2.45) is 4.99 Å². The summed E-state index contributed by atoms with van der Waals surface area (Å²) in [7, 11) is 3.39. The first-order valence-corrected chi connectivity index (χ1v) is 8.02. The van der Waals surface area contributed by atoms with Crippen molar-refractivity contribution in [3.63, 3.8) is 0 Å². The lowest BCUT2D eigenvalue weighted by molar-refractivity contribution is 0.0263. The lowest BCUT2D eigenvalue weighted by atomic mass is 10.1. The lowest BCUT2D eigenvalue weighted by Gasteiger charge is -2.27. The van der Waals surface area contributed by atoms with Crippen molar-refractivity contribution in [1.29, 1.82) is 0 Å². The third kappa shape index (κ3) is 11.7. The molecule has 0 aliphatic carbocycles. The molecule has 0 radical (unpaired) electrons. The summed E-state index contributed by atoms with van der Waals surface area (Å²) in [5.74, 6) is 0.676. The van der Waals surface area contributed by atoms with Gasteiger partial charge in [0.25, 0.3) is 0 Å². The molecule has 0 saturated carbocycles. The van der Waals surface area contributed by atoms with Crippen molar-refractivity contribution >= 4 is 36.0 Å². The highest BCUT2D eigenvalue weighted by molar-refractivity contribution is 14.0. The predicted molar refractivity (Wildman–Crippen MR) is 109 cm³/mol. The first-order valence-electron chi connectivity index (χ1n) is 8.02. The van der Waals surface area contributed by atoms with Crippen LogP contribution < -0.4 is 10.6 Å². The Morgan fingerprint density at radius 1 is 1.17 bits per heavy atom. The van der Waals surface area contributed by atoms with Crippen LogP contribution in [-0.4, -0.2) is 68.5 Å². The van der Waals surface area contributed by atoms with E-state index in [0.717, 1.165) is 0 Å². The minimum Gasteiger partial charge on any atom is -0.444 e. The van der Waals surface area contributed by atoms with Crippen LogP contribution in [0.5, 0.6) is 0 Å². The molecular weight excluding hydrogens is 423 g/mol. The molecule has 0 aliphatic heterocycles. The normalized spacial score (nSPS) is 12.2. The van der Waals surface area contributed by atoms with E-state index in [2.05, 4.69) is 15.6 Å². The van der Waals surface area contributed by atoms with E-state index in [1.165, 1.54) is 0 Å².